The van der Waals surface area contributed by atoms with Gasteiger partial charge in [-0.3, -0.25) is 4.57 Å². The molecule has 0 aliphatic heterocycles. The summed E-state index contributed by atoms with van der Waals surface area (Å²) in [5, 5.41) is 14.2. The van der Waals surface area contributed by atoms with Crippen molar-refractivity contribution >= 4 is 11.6 Å². The van der Waals surface area contributed by atoms with E-state index in [-0.39, 0.29) is 11.9 Å². The van der Waals surface area contributed by atoms with Crippen molar-refractivity contribution in [2.24, 2.45) is 7.05 Å². The first-order chi connectivity index (χ1) is 10.9. The molecule has 0 bridgehead atoms. The summed E-state index contributed by atoms with van der Waals surface area (Å²) in [6, 6.07) is 8.58. The first kappa shape index (κ1) is 17.0. The molecule has 0 fully saturated rings. The molecule has 1 aromatic carbocycles. The van der Waals surface area contributed by atoms with E-state index in [1.807, 2.05) is 14.1 Å². The highest BCUT2D eigenvalue weighted by molar-refractivity contribution is 5.52. The van der Waals surface area contributed by atoms with Crippen molar-refractivity contribution in [3.8, 4) is 0 Å². The Morgan fingerprint density at radius 1 is 1.35 bits per heavy atom. The number of benzene rings is 1. The minimum atomic E-state index is -0.469. The lowest BCUT2D eigenvalue weighted by molar-refractivity contribution is -0.388. The maximum Gasteiger partial charge on any atom is 0.406 e. The summed E-state index contributed by atoms with van der Waals surface area (Å²) in [7, 11) is 5.73. The molecule has 1 heterocycles. The number of imidazole rings is 1. The maximum absolute atomic E-state index is 11.0. The van der Waals surface area contributed by atoms with Crippen LogP contribution in [0.5, 0.6) is 0 Å². The molecule has 7 heteroatoms. The van der Waals surface area contributed by atoms with Gasteiger partial charge in [0.25, 0.3) is 0 Å². The van der Waals surface area contributed by atoms with Crippen molar-refractivity contribution < 1.29 is 4.92 Å². The van der Waals surface area contributed by atoms with Crippen LogP contribution in [0.1, 0.15) is 24.1 Å². The van der Waals surface area contributed by atoms with E-state index >= 15 is 0 Å². The lowest BCUT2D eigenvalue weighted by Gasteiger charge is -2.25. The number of nitrogens with zero attached hydrogens (tertiary/aromatic N) is 4. The fourth-order valence-corrected chi connectivity index (χ4v) is 2.52. The van der Waals surface area contributed by atoms with Crippen LogP contribution in [0.4, 0.5) is 11.6 Å². The Morgan fingerprint density at radius 3 is 2.52 bits per heavy atom. The van der Waals surface area contributed by atoms with Crippen molar-refractivity contribution in [1.29, 1.82) is 0 Å². The highest BCUT2D eigenvalue weighted by atomic mass is 16.6. The second-order valence-corrected chi connectivity index (χ2v) is 5.74. The Kier molecular flexibility index (Phi) is 5.33. The summed E-state index contributed by atoms with van der Waals surface area (Å²) in [6.45, 7) is 2.68. The van der Waals surface area contributed by atoms with Crippen LogP contribution in [-0.4, -0.2) is 40.0 Å². The van der Waals surface area contributed by atoms with Crippen LogP contribution >= 0.6 is 0 Å². The molecule has 1 aromatic heterocycles. The SMILES string of the molecule is CCc1ccc(C(CNc2c([N+](=O)[O-])ncn2C)N(C)C)cc1. The number of hydrogen-bond acceptors (Lipinski definition) is 5. The highest BCUT2D eigenvalue weighted by Gasteiger charge is 2.22. The van der Waals surface area contributed by atoms with Gasteiger partial charge >= 0.3 is 5.82 Å². The number of likely N-dealkylation sites (N-methyl/N-ethyl adjacent to an activating group) is 1. The molecule has 2 aromatic rings. The quantitative estimate of drug-likeness (QED) is 0.627. The van der Waals surface area contributed by atoms with Gasteiger partial charge in [0.15, 0.2) is 0 Å². The lowest BCUT2D eigenvalue weighted by Crippen LogP contribution is -2.27. The van der Waals surface area contributed by atoms with Gasteiger partial charge < -0.3 is 20.3 Å². The molecule has 124 valence electrons. The van der Waals surface area contributed by atoms with Crippen LogP contribution in [0.3, 0.4) is 0 Å². The van der Waals surface area contributed by atoms with Crippen molar-refractivity contribution in [2.45, 2.75) is 19.4 Å². The summed E-state index contributed by atoms with van der Waals surface area (Å²) in [6.07, 6.45) is 2.45. The van der Waals surface area contributed by atoms with E-state index in [4.69, 9.17) is 0 Å². The molecule has 0 radical (unpaired) electrons. The molecule has 23 heavy (non-hydrogen) atoms. The standard InChI is InChI=1S/C16H23N5O2/c1-5-12-6-8-13(9-7-12)14(19(2)3)10-17-15-16(21(22)23)18-11-20(15)4/h6-9,11,14,17H,5,10H2,1-4H3. The Labute approximate surface area is 136 Å². The second kappa shape index (κ2) is 7.23. The van der Waals surface area contributed by atoms with E-state index in [9.17, 15) is 10.1 Å². The van der Waals surface area contributed by atoms with E-state index in [1.54, 1.807) is 11.6 Å². The van der Waals surface area contributed by atoms with Crippen LogP contribution in [0.15, 0.2) is 30.6 Å². The van der Waals surface area contributed by atoms with Crippen LogP contribution < -0.4 is 5.32 Å². The topological polar surface area (TPSA) is 76.2 Å². The van der Waals surface area contributed by atoms with E-state index < -0.39 is 4.92 Å². The smallest absolute Gasteiger partial charge is 0.362 e. The number of nitro groups is 1. The molecule has 0 saturated heterocycles. The van der Waals surface area contributed by atoms with Gasteiger partial charge in [0.05, 0.1) is 6.04 Å². The van der Waals surface area contributed by atoms with Gasteiger partial charge in [-0.15, -0.1) is 0 Å². The third-order valence-electron chi connectivity index (χ3n) is 3.95. The lowest BCUT2D eigenvalue weighted by atomic mass is 10.0. The van der Waals surface area contributed by atoms with Gasteiger partial charge in [-0.1, -0.05) is 31.2 Å². The molecule has 7 nitrogen and oxygen atoms in total. The summed E-state index contributed by atoms with van der Waals surface area (Å²) in [5.74, 6) is 0.276. The first-order valence-corrected chi connectivity index (χ1v) is 7.58. The zero-order valence-corrected chi connectivity index (χ0v) is 14.0. The number of anilines is 1. The molecule has 1 unspecified atom stereocenters. The summed E-state index contributed by atoms with van der Waals surface area (Å²) >= 11 is 0. The third kappa shape index (κ3) is 3.87. The minimum Gasteiger partial charge on any atom is -0.362 e. The number of hydrogen-bond donors (Lipinski definition) is 1. The molecule has 0 amide bonds. The molecular formula is C16H23N5O2. The van der Waals surface area contributed by atoms with Gasteiger partial charge in [0, 0.05) is 13.6 Å². The largest absolute Gasteiger partial charge is 0.406 e. The zero-order valence-electron chi connectivity index (χ0n) is 14.0. The fourth-order valence-electron chi connectivity index (χ4n) is 2.52. The van der Waals surface area contributed by atoms with E-state index in [2.05, 4.69) is 46.4 Å². The molecule has 1 atom stereocenters. The Morgan fingerprint density at radius 2 is 2.00 bits per heavy atom. The Bertz CT molecular complexity index is 664. The van der Waals surface area contributed by atoms with Gasteiger partial charge in [0.2, 0.25) is 12.1 Å². The number of aryl methyl sites for hydroxylation is 2. The van der Waals surface area contributed by atoms with Gasteiger partial charge in [-0.25, -0.2) is 0 Å². The molecule has 0 saturated carbocycles. The van der Waals surface area contributed by atoms with E-state index in [0.29, 0.717) is 12.4 Å². The molecular weight excluding hydrogens is 294 g/mol. The summed E-state index contributed by atoms with van der Waals surface area (Å²) < 4.78 is 1.63. The van der Waals surface area contributed by atoms with Crippen molar-refractivity contribution in [3.63, 3.8) is 0 Å². The van der Waals surface area contributed by atoms with E-state index in [1.165, 1.54) is 17.5 Å². The predicted octanol–water partition coefficient (Wildman–Crippen LogP) is 2.61. The van der Waals surface area contributed by atoms with Crippen LogP contribution in [0, 0.1) is 10.1 Å². The number of aromatic nitrogens is 2. The van der Waals surface area contributed by atoms with Gasteiger partial charge in [-0.05, 0) is 41.6 Å². The predicted molar refractivity (Wildman–Crippen MR) is 90.6 cm³/mol. The van der Waals surface area contributed by atoms with Crippen molar-refractivity contribution in [2.75, 3.05) is 26.0 Å². The fraction of sp³-hybridized carbons (Fsp3) is 0.438. The summed E-state index contributed by atoms with van der Waals surface area (Å²) in [5.41, 5.74) is 2.46. The zero-order chi connectivity index (χ0) is 17.0. The molecule has 0 spiro atoms. The Balaban J connectivity index is 2.17. The van der Waals surface area contributed by atoms with Crippen LogP contribution in [-0.2, 0) is 13.5 Å². The monoisotopic (exact) mass is 317 g/mol. The van der Waals surface area contributed by atoms with Crippen molar-refractivity contribution in [3.05, 3.63) is 51.8 Å². The maximum atomic E-state index is 11.0. The molecule has 0 aliphatic carbocycles. The van der Waals surface area contributed by atoms with E-state index in [0.717, 1.165) is 6.42 Å². The van der Waals surface area contributed by atoms with Gasteiger partial charge in [0.1, 0.15) is 0 Å². The summed E-state index contributed by atoms with van der Waals surface area (Å²) in [4.78, 5) is 16.5. The van der Waals surface area contributed by atoms with Crippen LogP contribution in [0.2, 0.25) is 0 Å². The molecule has 2 rings (SSSR count). The average molecular weight is 317 g/mol. The van der Waals surface area contributed by atoms with Crippen molar-refractivity contribution in [1.82, 2.24) is 14.5 Å². The minimum absolute atomic E-state index is 0.107. The van der Waals surface area contributed by atoms with Gasteiger partial charge in [-0.2, -0.15) is 0 Å². The third-order valence-corrected chi connectivity index (χ3v) is 3.95. The number of rotatable bonds is 7. The van der Waals surface area contributed by atoms with Crippen LogP contribution in [0.25, 0.3) is 0 Å². The molecule has 1 N–H and O–H groups in total. The highest BCUT2D eigenvalue weighted by Crippen LogP contribution is 2.24. The first-order valence-electron chi connectivity index (χ1n) is 7.58. The average Bonchev–Trinajstić information content (AvgIpc) is 2.89. The second-order valence-electron chi connectivity index (χ2n) is 5.74. The Hall–Kier alpha value is -2.41. The molecule has 0 aliphatic rings. The normalized spacial score (nSPS) is 12.4. The number of nitrogens with one attached hydrogen (secondary N) is 1.